The molecule has 5 heteroatoms. The molecular weight excluding hydrogens is 238 g/mol. The molecule has 0 heterocycles. The number of benzene rings is 1. The van der Waals surface area contributed by atoms with E-state index < -0.39 is 11.6 Å². The number of hydrogen-bond acceptors (Lipinski definition) is 3. The average Bonchev–Trinajstić information content (AvgIpc) is 2.18. The van der Waals surface area contributed by atoms with E-state index in [9.17, 15) is 8.78 Å². The summed E-state index contributed by atoms with van der Waals surface area (Å²) in [5.74, 6) is -0.317. The number of thiol groups is 2. The molecule has 1 rings (SSSR count). The monoisotopic (exact) mass is 250 g/mol. The average molecular weight is 250 g/mol. The van der Waals surface area contributed by atoms with Crippen LogP contribution in [-0.4, -0.2) is 12.4 Å². The lowest BCUT2D eigenvalue weighted by atomic mass is 10.2. The smallest absolute Gasteiger partial charge is 0.133 e. The zero-order valence-electron chi connectivity index (χ0n) is 8.04. The Bertz CT molecular complexity index is 308. The highest BCUT2D eigenvalue weighted by Gasteiger charge is 2.10. The maximum Gasteiger partial charge on any atom is 0.133 e. The molecule has 0 bridgehead atoms. The molecule has 0 fully saturated rings. The van der Waals surface area contributed by atoms with Crippen molar-refractivity contribution in [2.75, 3.05) is 12.4 Å². The van der Waals surface area contributed by atoms with E-state index in [0.717, 1.165) is 6.42 Å². The lowest BCUT2D eigenvalue weighted by Crippen LogP contribution is -2.00. The fourth-order valence-electron chi connectivity index (χ4n) is 1.07. The van der Waals surface area contributed by atoms with Crippen LogP contribution in [0.1, 0.15) is 12.0 Å². The molecule has 0 spiro atoms. The van der Waals surface area contributed by atoms with E-state index in [-0.39, 0.29) is 17.1 Å². The maximum atomic E-state index is 13.2. The number of hydrogen-bond donors (Lipinski definition) is 2. The molecule has 0 aliphatic carbocycles. The molecule has 0 radical (unpaired) electrons. The van der Waals surface area contributed by atoms with Gasteiger partial charge in [0.15, 0.2) is 0 Å². The SMILES string of the molecule is Fc1cc(OCCCS)cc(F)c1CS. The van der Waals surface area contributed by atoms with Gasteiger partial charge in [0.25, 0.3) is 0 Å². The van der Waals surface area contributed by atoms with E-state index in [2.05, 4.69) is 25.3 Å². The summed E-state index contributed by atoms with van der Waals surface area (Å²) in [6, 6.07) is 2.35. The van der Waals surface area contributed by atoms with Crippen molar-refractivity contribution in [2.45, 2.75) is 12.2 Å². The van der Waals surface area contributed by atoms with Gasteiger partial charge in [-0.2, -0.15) is 25.3 Å². The minimum Gasteiger partial charge on any atom is -0.493 e. The van der Waals surface area contributed by atoms with E-state index in [1.807, 2.05) is 0 Å². The predicted molar refractivity (Wildman–Crippen MR) is 63.0 cm³/mol. The van der Waals surface area contributed by atoms with E-state index in [1.165, 1.54) is 12.1 Å². The molecule has 1 aromatic carbocycles. The molecule has 0 saturated heterocycles. The second-order valence-corrected chi connectivity index (χ2v) is 3.71. The molecule has 0 aromatic heterocycles. The second-order valence-electron chi connectivity index (χ2n) is 2.95. The third kappa shape index (κ3) is 3.57. The molecule has 0 aliphatic heterocycles. The molecule has 1 aromatic rings. The van der Waals surface area contributed by atoms with Crippen LogP contribution in [0.2, 0.25) is 0 Å². The molecule has 15 heavy (non-hydrogen) atoms. The molecule has 0 saturated carbocycles. The Morgan fingerprint density at radius 3 is 2.20 bits per heavy atom. The van der Waals surface area contributed by atoms with Gasteiger partial charge in [0.05, 0.1) is 6.61 Å². The highest BCUT2D eigenvalue weighted by Crippen LogP contribution is 2.22. The largest absolute Gasteiger partial charge is 0.493 e. The number of rotatable bonds is 5. The third-order valence-corrected chi connectivity index (χ3v) is 2.48. The second kappa shape index (κ2) is 6.23. The van der Waals surface area contributed by atoms with Crippen molar-refractivity contribution in [2.24, 2.45) is 0 Å². The Morgan fingerprint density at radius 2 is 1.73 bits per heavy atom. The van der Waals surface area contributed by atoms with Crippen LogP contribution in [0.15, 0.2) is 12.1 Å². The highest BCUT2D eigenvalue weighted by molar-refractivity contribution is 7.80. The number of halogens is 2. The summed E-state index contributed by atoms with van der Waals surface area (Å²) in [7, 11) is 0. The van der Waals surface area contributed by atoms with Crippen molar-refractivity contribution >= 4 is 25.3 Å². The van der Waals surface area contributed by atoms with Crippen LogP contribution in [0, 0.1) is 11.6 Å². The normalized spacial score (nSPS) is 10.4. The van der Waals surface area contributed by atoms with Crippen LogP contribution in [-0.2, 0) is 5.75 Å². The van der Waals surface area contributed by atoms with Crippen LogP contribution in [0.3, 0.4) is 0 Å². The van der Waals surface area contributed by atoms with Gasteiger partial charge in [-0.3, -0.25) is 0 Å². The quantitative estimate of drug-likeness (QED) is 0.603. The zero-order valence-corrected chi connectivity index (χ0v) is 9.83. The van der Waals surface area contributed by atoms with Gasteiger partial charge in [-0.05, 0) is 12.2 Å². The van der Waals surface area contributed by atoms with Gasteiger partial charge in [-0.1, -0.05) is 0 Å². The van der Waals surface area contributed by atoms with Gasteiger partial charge < -0.3 is 4.74 Å². The van der Waals surface area contributed by atoms with Crippen molar-refractivity contribution in [3.8, 4) is 5.75 Å². The highest BCUT2D eigenvalue weighted by atomic mass is 32.1. The summed E-state index contributed by atoms with van der Waals surface area (Å²) in [6.07, 6.45) is 0.737. The number of ether oxygens (including phenoxy) is 1. The summed E-state index contributed by atoms with van der Waals surface area (Å²) in [6.45, 7) is 0.405. The Morgan fingerprint density at radius 1 is 1.13 bits per heavy atom. The molecule has 1 nitrogen and oxygen atoms in total. The fourth-order valence-corrected chi connectivity index (χ4v) is 1.50. The summed E-state index contributed by atoms with van der Waals surface area (Å²) >= 11 is 7.84. The first-order valence-electron chi connectivity index (χ1n) is 4.51. The molecule has 0 aliphatic rings. The lowest BCUT2D eigenvalue weighted by molar-refractivity contribution is 0.315. The predicted octanol–water partition coefficient (Wildman–Crippen LogP) is 3.09. The van der Waals surface area contributed by atoms with Crippen LogP contribution < -0.4 is 4.74 Å². The molecule has 0 atom stereocenters. The lowest BCUT2D eigenvalue weighted by Gasteiger charge is -2.07. The zero-order chi connectivity index (χ0) is 11.3. The Hall–Kier alpha value is -0.420. The van der Waals surface area contributed by atoms with Crippen molar-refractivity contribution in [3.05, 3.63) is 29.3 Å². The van der Waals surface area contributed by atoms with Gasteiger partial charge in [-0.15, -0.1) is 0 Å². The fraction of sp³-hybridized carbons (Fsp3) is 0.400. The van der Waals surface area contributed by atoms with Crippen molar-refractivity contribution in [1.82, 2.24) is 0 Å². The first kappa shape index (κ1) is 12.6. The van der Waals surface area contributed by atoms with Gasteiger partial charge in [-0.25, -0.2) is 8.78 Å². The third-order valence-electron chi connectivity index (χ3n) is 1.84. The van der Waals surface area contributed by atoms with Crippen LogP contribution in [0.5, 0.6) is 5.75 Å². The molecule has 0 unspecified atom stereocenters. The van der Waals surface area contributed by atoms with E-state index in [4.69, 9.17) is 4.74 Å². The summed E-state index contributed by atoms with van der Waals surface area (Å²) < 4.78 is 31.6. The summed E-state index contributed by atoms with van der Waals surface area (Å²) in [4.78, 5) is 0. The molecule has 0 N–H and O–H groups in total. The van der Waals surface area contributed by atoms with E-state index in [0.29, 0.717) is 12.4 Å². The Labute approximate surface area is 98.6 Å². The van der Waals surface area contributed by atoms with Crippen LogP contribution in [0.25, 0.3) is 0 Å². The minimum absolute atomic E-state index is 0.0279. The van der Waals surface area contributed by atoms with Gasteiger partial charge in [0.2, 0.25) is 0 Å². The standard InChI is InChI=1S/C10H12F2OS2/c11-9-4-7(13-2-1-3-14)5-10(12)8(9)6-15/h4-5,14-15H,1-3,6H2. The Balaban J connectivity index is 2.75. The van der Waals surface area contributed by atoms with Crippen LogP contribution >= 0.6 is 25.3 Å². The summed E-state index contributed by atoms with van der Waals surface area (Å²) in [5, 5.41) is 0. The topological polar surface area (TPSA) is 9.23 Å². The molecule has 84 valence electrons. The Kier molecular flexibility index (Phi) is 5.25. The van der Waals surface area contributed by atoms with Crippen molar-refractivity contribution in [1.29, 1.82) is 0 Å². The molecular formula is C10H12F2OS2. The first-order valence-corrected chi connectivity index (χ1v) is 5.78. The van der Waals surface area contributed by atoms with E-state index in [1.54, 1.807) is 0 Å². The van der Waals surface area contributed by atoms with Gasteiger partial charge in [0.1, 0.15) is 17.4 Å². The summed E-state index contributed by atoms with van der Waals surface area (Å²) in [5.41, 5.74) is -0.0279. The first-order chi connectivity index (χ1) is 7.19. The van der Waals surface area contributed by atoms with E-state index >= 15 is 0 Å². The molecule has 0 amide bonds. The van der Waals surface area contributed by atoms with Crippen molar-refractivity contribution < 1.29 is 13.5 Å². The van der Waals surface area contributed by atoms with Crippen LogP contribution in [0.4, 0.5) is 8.78 Å². The minimum atomic E-state index is -0.620. The van der Waals surface area contributed by atoms with Gasteiger partial charge >= 0.3 is 0 Å². The van der Waals surface area contributed by atoms with Gasteiger partial charge in [0, 0.05) is 23.4 Å². The maximum absolute atomic E-state index is 13.2. The van der Waals surface area contributed by atoms with Crippen molar-refractivity contribution in [3.63, 3.8) is 0 Å².